The molecule has 2 N–H and O–H groups in total. The fourth-order valence-electron chi connectivity index (χ4n) is 5.31. The molecule has 0 aromatic heterocycles. The van der Waals surface area contributed by atoms with Gasteiger partial charge in [-0.25, -0.2) is 0 Å². The molecule has 0 unspecified atom stereocenters. The first kappa shape index (κ1) is 25.7. The van der Waals surface area contributed by atoms with Crippen molar-refractivity contribution in [1.82, 2.24) is 0 Å². The number of benzene rings is 1. The first-order chi connectivity index (χ1) is 16.3. The highest BCUT2D eigenvalue weighted by molar-refractivity contribution is 14.1. The molecule has 8 heteroatoms. The summed E-state index contributed by atoms with van der Waals surface area (Å²) in [4.78, 5) is 38.3. The zero-order valence-corrected chi connectivity index (χ0v) is 23.0. The third-order valence-corrected chi connectivity index (χ3v) is 7.41. The number of allylic oxidation sites excluding steroid dienone is 4. The van der Waals surface area contributed by atoms with Gasteiger partial charge in [-0.3, -0.25) is 14.4 Å². The van der Waals surface area contributed by atoms with Gasteiger partial charge >= 0.3 is 0 Å². The lowest BCUT2D eigenvalue weighted by molar-refractivity contribution is -0.121. The molecule has 0 spiro atoms. The molecule has 0 radical (unpaired) electrons. The Kier molecular flexibility index (Phi) is 6.81. The van der Waals surface area contributed by atoms with Crippen LogP contribution in [-0.4, -0.2) is 30.7 Å². The predicted octanol–water partition coefficient (Wildman–Crippen LogP) is 4.95. The van der Waals surface area contributed by atoms with Crippen LogP contribution in [0.15, 0.2) is 34.8 Å². The second-order valence-corrected chi connectivity index (χ2v) is 12.3. The van der Waals surface area contributed by atoms with Gasteiger partial charge in [-0.05, 0) is 58.0 Å². The van der Waals surface area contributed by atoms with Gasteiger partial charge in [-0.2, -0.15) is 0 Å². The van der Waals surface area contributed by atoms with Gasteiger partial charge < -0.3 is 19.9 Å². The van der Waals surface area contributed by atoms with Gasteiger partial charge in [0.25, 0.3) is 5.91 Å². The van der Waals surface area contributed by atoms with Crippen LogP contribution in [-0.2, 0) is 19.1 Å². The van der Waals surface area contributed by atoms with E-state index in [0.29, 0.717) is 70.0 Å². The second-order valence-electron chi connectivity index (χ2n) is 11.1. The van der Waals surface area contributed by atoms with Gasteiger partial charge in [0.1, 0.15) is 11.5 Å². The topological polar surface area (TPSA) is 105 Å². The van der Waals surface area contributed by atoms with E-state index >= 15 is 0 Å². The van der Waals surface area contributed by atoms with E-state index in [2.05, 4.69) is 50.3 Å². The number of hydrogen-bond acceptors (Lipinski definition) is 6. The highest BCUT2D eigenvalue weighted by Crippen LogP contribution is 2.54. The molecule has 1 aromatic carbocycles. The van der Waals surface area contributed by atoms with Gasteiger partial charge in [-0.15, -0.1) is 0 Å². The number of Topliss-reactive ketones (excluding diaryl/α,β-unsaturated/α-hetero) is 2. The van der Waals surface area contributed by atoms with Crippen molar-refractivity contribution >= 4 is 40.1 Å². The standard InChI is InChI=1S/C27H32INO6/c1-6-33-18-8-14(7-15(28)25(18)34-13-21(29)32)22-23-16(30)9-26(2,3)11-19(23)35-20-12-27(4,5)10-17(31)24(20)22/h7-8,22H,6,9-13H2,1-5H3,(H2,29,32). The molecule has 1 aromatic rings. The first-order valence-electron chi connectivity index (χ1n) is 11.9. The van der Waals surface area contributed by atoms with Crippen molar-refractivity contribution in [3.63, 3.8) is 0 Å². The largest absolute Gasteiger partial charge is 0.490 e. The fourth-order valence-corrected chi connectivity index (χ4v) is 6.09. The van der Waals surface area contributed by atoms with Crippen molar-refractivity contribution < 1.29 is 28.6 Å². The number of halogens is 1. The lowest BCUT2D eigenvalue weighted by Crippen LogP contribution is -2.37. The van der Waals surface area contributed by atoms with Crippen LogP contribution in [0.5, 0.6) is 11.5 Å². The summed E-state index contributed by atoms with van der Waals surface area (Å²) in [5.41, 5.74) is 6.75. The summed E-state index contributed by atoms with van der Waals surface area (Å²) >= 11 is 2.12. The van der Waals surface area contributed by atoms with Crippen LogP contribution in [0.25, 0.3) is 0 Å². The Hall–Kier alpha value is -2.36. The maximum absolute atomic E-state index is 13.5. The number of primary amides is 1. The molecule has 1 heterocycles. The van der Waals surface area contributed by atoms with Gasteiger partial charge in [0.2, 0.25) is 0 Å². The lowest BCUT2D eigenvalue weighted by atomic mass is 9.65. The summed E-state index contributed by atoms with van der Waals surface area (Å²) in [6.45, 7) is 10.2. The van der Waals surface area contributed by atoms with E-state index in [-0.39, 0.29) is 29.0 Å². The number of hydrogen-bond donors (Lipinski definition) is 1. The summed E-state index contributed by atoms with van der Waals surface area (Å²) in [5, 5.41) is 0. The molecular formula is C27H32INO6. The third-order valence-electron chi connectivity index (χ3n) is 6.61. The van der Waals surface area contributed by atoms with E-state index in [1.54, 1.807) is 0 Å². The van der Waals surface area contributed by atoms with Crippen LogP contribution in [0.2, 0.25) is 0 Å². The minimum atomic E-state index is -0.591. The normalized spacial score (nSPS) is 21.3. The predicted molar refractivity (Wildman–Crippen MR) is 139 cm³/mol. The smallest absolute Gasteiger partial charge is 0.255 e. The van der Waals surface area contributed by atoms with Crippen LogP contribution < -0.4 is 15.2 Å². The average molecular weight is 593 g/mol. The summed E-state index contributed by atoms with van der Waals surface area (Å²) in [7, 11) is 0. The minimum absolute atomic E-state index is 0.00690. The number of ether oxygens (including phenoxy) is 3. The monoisotopic (exact) mass is 593 g/mol. The summed E-state index contributed by atoms with van der Waals surface area (Å²) in [6.07, 6.45) is 2.04. The van der Waals surface area contributed by atoms with Crippen molar-refractivity contribution in [2.45, 2.75) is 66.2 Å². The maximum atomic E-state index is 13.5. The van der Waals surface area contributed by atoms with Crippen molar-refractivity contribution in [2.75, 3.05) is 13.2 Å². The Morgan fingerprint density at radius 3 is 2.03 bits per heavy atom. The first-order valence-corrected chi connectivity index (χ1v) is 13.0. The highest BCUT2D eigenvalue weighted by Gasteiger charge is 2.48. The Bertz CT molecular complexity index is 1120. The molecule has 2 aliphatic carbocycles. The van der Waals surface area contributed by atoms with E-state index in [1.165, 1.54) is 0 Å². The number of carbonyl (C=O) groups is 3. The van der Waals surface area contributed by atoms with Gasteiger partial charge in [0.15, 0.2) is 29.7 Å². The molecule has 1 aliphatic heterocycles. The Morgan fingerprint density at radius 2 is 1.54 bits per heavy atom. The molecule has 3 aliphatic rings. The molecule has 188 valence electrons. The van der Waals surface area contributed by atoms with E-state index in [0.717, 1.165) is 5.56 Å². The molecule has 1 amide bonds. The Labute approximate surface area is 219 Å². The molecule has 0 fully saturated rings. The SMILES string of the molecule is CCOc1cc(C2C3=C(CC(C)(C)CC3=O)OC3=C2C(=O)CC(C)(C)C3)cc(I)c1OCC(N)=O. The van der Waals surface area contributed by atoms with Crippen LogP contribution >= 0.6 is 22.6 Å². The minimum Gasteiger partial charge on any atom is -0.490 e. The zero-order chi connectivity index (χ0) is 25.7. The van der Waals surface area contributed by atoms with Crippen LogP contribution in [0.3, 0.4) is 0 Å². The molecule has 4 rings (SSSR count). The lowest BCUT2D eigenvalue weighted by Gasteiger charge is -2.42. The quantitative estimate of drug-likeness (QED) is 0.468. The second kappa shape index (κ2) is 9.26. The molecule has 35 heavy (non-hydrogen) atoms. The van der Waals surface area contributed by atoms with Crippen LogP contribution in [0, 0.1) is 14.4 Å². The van der Waals surface area contributed by atoms with Crippen LogP contribution in [0.4, 0.5) is 0 Å². The summed E-state index contributed by atoms with van der Waals surface area (Å²) in [5.74, 6) is 1.09. The maximum Gasteiger partial charge on any atom is 0.255 e. The number of nitrogens with two attached hydrogens (primary N) is 1. The van der Waals surface area contributed by atoms with Gasteiger partial charge in [-0.1, -0.05) is 27.7 Å². The zero-order valence-electron chi connectivity index (χ0n) is 20.9. The molecule has 0 bridgehead atoms. The summed E-state index contributed by atoms with van der Waals surface area (Å²) < 4.78 is 18.6. The average Bonchev–Trinajstić information content (AvgIpc) is 2.69. The molecule has 0 atom stereocenters. The summed E-state index contributed by atoms with van der Waals surface area (Å²) in [6, 6.07) is 3.71. The Morgan fingerprint density at radius 1 is 1.00 bits per heavy atom. The Balaban J connectivity index is 1.90. The van der Waals surface area contributed by atoms with E-state index < -0.39 is 11.8 Å². The number of amides is 1. The van der Waals surface area contributed by atoms with Crippen molar-refractivity contribution in [3.05, 3.63) is 43.9 Å². The van der Waals surface area contributed by atoms with E-state index in [1.807, 2.05) is 19.1 Å². The van der Waals surface area contributed by atoms with E-state index in [4.69, 9.17) is 19.9 Å². The molecule has 0 saturated carbocycles. The fraction of sp³-hybridized carbons (Fsp3) is 0.519. The van der Waals surface area contributed by atoms with Crippen molar-refractivity contribution in [3.8, 4) is 11.5 Å². The highest BCUT2D eigenvalue weighted by atomic mass is 127. The molecule has 0 saturated heterocycles. The van der Waals surface area contributed by atoms with Crippen LogP contribution in [0.1, 0.15) is 71.8 Å². The van der Waals surface area contributed by atoms with Gasteiger partial charge in [0, 0.05) is 42.7 Å². The number of ketones is 2. The molecular weight excluding hydrogens is 561 g/mol. The molecule has 7 nitrogen and oxygen atoms in total. The van der Waals surface area contributed by atoms with E-state index in [9.17, 15) is 14.4 Å². The van der Waals surface area contributed by atoms with Crippen molar-refractivity contribution in [2.24, 2.45) is 16.6 Å². The van der Waals surface area contributed by atoms with Crippen molar-refractivity contribution in [1.29, 1.82) is 0 Å². The number of rotatable bonds is 6. The number of carbonyl (C=O) groups excluding carboxylic acids is 3. The third kappa shape index (κ3) is 5.13. The van der Waals surface area contributed by atoms with Gasteiger partial charge in [0.05, 0.1) is 10.2 Å².